The summed E-state index contributed by atoms with van der Waals surface area (Å²) in [6.45, 7) is 9.66. The van der Waals surface area contributed by atoms with Crippen LogP contribution in [0.25, 0.3) is 10.1 Å². The minimum atomic E-state index is -0.823. The van der Waals surface area contributed by atoms with Gasteiger partial charge in [0, 0.05) is 50.1 Å². The van der Waals surface area contributed by atoms with E-state index in [1.165, 1.54) is 11.3 Å². The van der Waals surface area contributed by atoms with E-state index < -0.39 is 5.97 Å². The molecule has 0 atom stereocenters. The number of benzene rings is 1. The molecular weight excluding hydrogens is 336 g/mol. The second kappa shape index (κ2) is 7.41. The van der Waals surface area contributed by atoms with E-state index in [-0.39, 0.29) is 5.54 Å². The normalized spacial score (nSPS) is 17.2. The Morgan fingerprint density at radius 2 is 1.92 bits per heavy atom. The first-order valence-electron chi connectivity index (χ1n) is 8.62. The Hall–Kier alpha value is -1.47. The lowest BCUT2D eigenvalue weighted by Gasteiger charge is -2.43. The number of nitrogens with zero attached hydrogens (tertiary/aromatic N) is 2. The fourth-order valence-corrected chi connectivity index (χ4v) is 4.66. The molecule has 0 amide bonds. The Morgan fingerprint density at radius 3 is 2.56 bits per heavy atom. The fraction of sp³-hybridized carbons (Fsp3) is 0.526. The zero-order valence-electron chi connectivity index (χ0n) is 15.1. The van der Waals surface area contributed by atoms with Crippen LogP contribution in [0.2, 0.25) is 0 Å². The minimum absolute atomic E-state index is 0.0299. The van der Waals surface area contributed by atoms with Crippen LogP contribution >= 0.6 is 11.3 Å². The minimum Gasteiger partial charge on any atom is -0.477 e. The molecule has 1 N–H and O–H groups in total. The average Bonchev–Trinajstić information content (AvgIpc) is 2.94. The highest BCUT2D eigenvalue weighted by atomic mass is 32.1. The topological polar surface area (TPSA) is 53.0 Å². The predicted molar refractivity (Wildman–Crippen MR) is 102 cm³/mol. The number of fused-ring (bicyclic) bond motifs is 1. The lowest BCUT2D eigenvalue weighted by molar-refractivity contribution is 0.000791. The number of methoxy groups -OCH3 is 1. The van der Waals surface area contributed by atoms with Crippen molar-refractivity contribution in [2.45, 2.75) is 25.9 Å². The van der Waals surface area contributed by atoms with Crippen molar-refractivity contribution < 1.29 is 14.6 Å². The number of piperazine rings is 1. The van der Waals surface area contributed by atoms with Gasteiger partial charge in [-0.25, -0.2) is 4.79 Å². The quantitative estimate of drug-likeness (QED) is 0.856. The molecule has 1 aromatic heterocycles. The summed E-state index contributed by atoms with van der Waals surface area (Å²) in [5, 5.41) is 10.6. The molecule has 0 aliphatic carbocycles. The molecule has 25 heavy (non-hydrogen) atoms. The Balaban J connectivity index is 1.73. The summed E-state index contributed by atoms with van der Waals surface area (Å²) in [5.41, 5.74) is 0.986. The van der Waals surface area contributed by atoms with E-state index >= 15 is 0 Å². The van der Waals surface area contributed by atoms with Crippen molar-refractivity contribution in [2.75, 3.05) is 39.9 Å². The third-order valence-corrected chi connectivity index (χ3v) is 6.20. The van der Waals surface area contributed by atoms with Crippen LogP contribution in [0.5, 0.6) is 0 Å². The van der Waals surface area contributed by atoms with Crippen LogP contribution in [-0.4, -0.2) is 66.3 Å². The summed E-state index contributed by atoms with van der Waals surface area (Å²) in [4.78, 5) is 17.0. The van der Waals surface area contributed by atoms with Crippen LogP contribution in [0.3, 0.4) is 0 Å². The highest BCUT2D eigenvalue weighted by molar-refractivity contribution is 7.21. The standard InChI is InChI=1S/C19H26N2O3S/c1-19(2,13-24-3)21-10-8-20(9-11-21)12-15-14-6-4-5-7-16(14)25-17(15)18(22)23/h4-7H,8-13H2,1-3H3,(H,22,23). The Bertz CT molecular complexity index is 748. The van der Waals surface area contributed by atoms with Crippen LogP contribution < -0.4 is 0 Å². The number of rotatable bonds is 6. The van der Waals surface area contributed by atoms with Gasteiger partial charge in [-0.1, -0.05) is 18.2 Å². The van der Waals surface area contributed by atoms with E-state index in [0.29, 0.717) is 18.0 Å². The van der Waals surface area contributed by atoms with Crippen LogP contribution in [0, 0.1) is 0 Å². The summed E-state index contributed by atoms with van der Waals surface area (Å²) in [6.07, 6.45) is 0. The third kappa shape index (κ3) is 3.87. The van der Waals surface area contributed by atoms with E-state index in [9.17, 15) is 9.90 Å². The predicted octanol–water partition coefficient (Wildman–Crippen LogP) is 3.14. The largest absolute Gasteiger partial charge is 0.477 e. The van der Waals surface area contributed by atoms with E-state index in [2.05, 4.69) is 23.6 Å². The van der Waals surface area contributed by atoms with Crippen molar-refractivity contribution in [2.24, 2.45) is 0 Å². The van der Waals surface area contributed by atoms with Crippen molar-refractivity contribution in [1.29, 1.82) is 0 Å². The molecule has 1 aliphatic heterocycles. The molecule has 3 rings (SSSR count). The molecule has 1 saturated heterocycles. The van der Waals surface area contributed by atoms with Crippen molar-refractivity contribution in [3.05, 3.63) is 34.7 Å². The molecule has 0 bridgehead atoms. The summed E-state index contributed by atoms with van der Waals surface area (Å²) >= 11 is 1.38. The van der Waals surface area contributed by atoms with Crippen LogP contribution in [0.4, 0.5) is 0 Å². The van der Waals surface area contributed by atoms with Gasteiger partial charge in [0.15, 0.2) is 0 Å². The summed E-state index contributed by atoms with van der Waals surface area (Å²) < 4.78 is 6.39. The number of carboxylic acid groups (broad SMARTS) is 1. The molecule has 6 heteroatoms. The van der Waals surface area contributed by atoms with Gasteiger partial charge in [0.25, 0.3) is 0 Å². The number of carboxylic acids is 1. The maximum absolute atomic E-state index is 11.7. The number of thiophene rings is 1. The number of hydrogen-bond acceptors (Lipinski definition) is 5. The van der Waals surface area contributed by atoms with Crippen LogP contribution in [0.15, 0.2) is 24.3 Å². The highest BCUT2D eigenvalue weighted by Gasteiger charge is 2.30. The molecule has 0 radical (unpaired) electrons. The summed E-state index contributed by atoms with van der Waals surface area (Å²) in [6, 6.07) is 7.98. The molecular formula is C19H26N2O3S. The van der Waals surface area contributed by atoms with Crippen LogP contribution in [0.1, 0.15) is 29.1 Å². The van der Waals surface area contributed by atoms with Crippen molar-refractivity contribution >= 4 is 27.4 Å². The van der Waals surface area contributed by atoms with Crippen molar-refractivity contribution in [3.63, 3.8) is 0 Å². The van der Waals surface area contributed by atoms with Crippen LogP contribution in [-0.2, 0) is 11.3 Å². The number of ether oxygens (including phenoxy) is 1. The summed E-state index contributed by atoms with van der Waals surface area (Å²) in [5.74, 6) is -0.823. The molecule has 1 aromatic carbocycles. The third-order valence-electron chi connectivity index (χ3n) is 5.00. The van der Waals surface area contributed by atoms with Gasteiger partial charge in [0.1, 0.15) is 4.88 Å². The Kier molecular flexibility index (Phi) is 5.43. The van der Waals surface area contributed by atoms with Gasteiger partial charge in [-0.05, 0) is 30.9 Å². The first-order valence-corrected chi connectivity index (χ1v) is 9.44. The lowest BCUT2D eigenvalue weighted by atomic mass is 10.0. The number of hydrogen-bond donors (Lipinski definition) is 1. The maximum atomic E-state index is 11.7. The zero-order valence-corrected chi connectivity index (χ0v) is 15.9. The van der Waals surface area contributed by atoms with Crippen molar-refractivity contribution in [1.82, 2.24) is 9.80 Å². The monoisotopic (exact) mass is 362 g/mol. The number of carbonyl (C=O) groups is 1. The number of aromatic carboxylic acids is 1. The summed E-state index contributed by atoms with van der Waals surface area (Å²) in [7, 11) is 1.74. The van der Waals surface area contributed by atoms with Gasteiger partial charge >= 0.3 is 5.97 Å². The van der Waals surface area contributed by atoms with Gasteiger partial charge in [-0.2, -0.15) is 0 Å². The molecule has 0 unspecified atom stereocenters. The van der Waals surface area contributed by atoms with Gasteiger partial charge in [-0.3, -0.25) is 9.80 Å². The van der Waals surface area contributed by atoms with Gasteiger partial charge in [0.05, 0.1) is 6.61 Å². The van der Waals surface area contributed by atoms with E-state index in [0.717, 1.165) is 41.8 Å². The van der Waals surface area contributed by atoms with E-state index in [4.69, 9.17) is 4.74 Å². The highest BCUT2D eigenvalue weighted by Crippen LogP contribution is 2.32. The second-order valence-corrected chi connectivity index (χ2v) is 8.27. The van der Waals surface area contributed by atoms with Gasteiger partial charge in [-0.15, -0.1) is 11.3 Å². The van der Waals surface area contributed by atoms with E-state index in [1.807, 2.05) is 24.3 Å². The van der Waals surface area contributed by atoms with Crippen molar-refractivity contribution in [3.8, 4) is 0 Å². The molecule has 1 fully saturated rings. The molecule has 5 nitrogen and oxygen atoms in total. The van der Waals surface area contributed by atoms with Gasteiger partial charge in [0.2, 0.25) is 0 Å². The first kappa shape index (κ1) is 18.3. The average molecular weight is 362 g/mol. The maximum Gasteiger partial charge on any atom is 0.346 e. The molecule has 136 valence electrons. The SMILES string of the molecule is COCC(C)(C)N1CCN(Cc2c(C(=O)O)sc3ccccc23)CC1. The molecule has 2 aromatic rings. The van der Waals surface area contributed by atoms with Gasteiger partial charge < -0.3 is 9.84 Å². The Morgan fingerprint density at radius 1 is 1.24 bits per heavy atom. The lowest BCUT2D eigenvalue weighted by Crippen LogP contribution is -2.56. The van der Waals surface area contributed by atoms with E-state index in [1.54, 1.807) is 7.11 Å². The zero-order chi connectivity index (χ0) is 18.0. The molecule has 0 saturated carbocycles. The molecule has 1 aliphatic rings. The molecule has 2 heterocycles. The molecule has 0 spiro atoms. The Labute approximate surface area is 152 Å². The fourth-order valence-electron chi connectivity index (χ4n) is 3.61. The first-order chi connectivity index (χ1) is 11.9. The second-order valence-electron chi connectivity index (χ2n) is 7.22. The smallest absolute Gasteiger partial charge is 0.346 e.